The quantitative estimate of drug-likeness (QED) is 0.788. The molecular formula is C13H19N3OS. The second kappa shape index (κ2) is 6.35. The number of anilines is 1. The molecule has 5 heteroatoms. The van der Waals surface area contributed by atoms with Gasteiger partial charge in [-0.05, 0) is 38.1 Å². The van der Waals surface area contributed by atoms with Crippen molar-refractivity contribution in [2.75, 3.05) is 18.5 Å². The molecule has 1 rings (SSSR count). The van der Waals surface area contributed by atoms with Crippen molar-refractivity contribution in [3.63, 3.8) is 0 Å². The number of nitrogens with one attached hydrogen (secondary N) is 1. The van der Waals surface area contributed by atoms with Crippen LogP contribution in [-0.4, -0.2) is 30.5 Å². The molecule has 18 heavy (non-hydrogen) atoms. The monoisotopic (exact) mass is 265 g/mol. The molecule has 0 saturated carbocycles. The Bertz CT molecular complexity index is 428. The molecule has 1 aromatic rings. The summed E-state index contributed by atoms with van der Waals surface area (Å²) in [6.07, 6.45) is 0. The molecule has 0 atom stereocenters. The van der Waals surface area contributed by atoms with Gasteiger partial charge in [-0.15, -0.1) is 0 Å². The maximum absolute atomic E-state index is 11.6. The third-order valence-corrected chi connectivity index (χ3v) is 2.66. The van der Waals surface area contributed by atoms with Gasteiger partial charge in [0, 0.05) is 24.3 Å². The minimum Gasteiger partial charge on any atom is -0.389 e. The number of carbonyl (C=O) groups excluding carboxylic acids is 1. The van der Waals surface area contributed by atoms with Gasteiger partial charge in [0.2, 0.25) is 5.91 Å². The van der Waals surface area contributed by atoms with Gasteiger partial charge in [0.15, 0.2) is 0 Å². The Morgan fingerprint density at radius 2 is 1.94 bits per heavy atom. The molecular weight excluding hydrogens is 246 g/mol. The topological polar surface area (TPSA) is 58.4 Å². The van der Waals surface area contributed by atoms with Crippen LogP contribution < -0.4 is 16.0 Å². The highest BCUT2D eigenvalue weighted by molar-refractivity contribution is 7.80. The lowest BCUT2D eigenvalue weighted by molar-refractivity contribution is -0.120. The predicted octanol–water partition coefficient (Wildman–Crippen LogP) is 1.28. The van der Waals surface area contributed by atoms with E-state index in [0.29, 0.717) is 11.5 Å². The number of rotatable bonds is 5. The molecule has 1 aromatic carbocycles. The molecule has 0 bridgehead atoms. The van der Waals surface area contributed by atoms with Gasteiger partial charge >= 0.3 is 0 Å². The third kappa shape index (κ3) is 4.33. The smallest absolute Gasteiger partial charge is 0.239 e. The number of thiocarbonyl (C=S) groups is 1. The first-order valence-electron chi connectivity index (χ1n) is 5.80. The molecule has 0 aliphatic rings. The summed E-state index contributed by atoms with van der Waals surface area (Å²) in [4.78, 5) is 13.9. The zero-order chi connectivity index (χ0) is 13.7. The van der Waals surface area contributed by atoms with Crippen LogP contribution in [0.4, 0.5) is 5.69 Å². The molecule has 0 saturated heterocycles. The van der Waals surface area contributed by atoms with E-state index in [4.69, 9.17) is 18.0 Å². The average Bonchev–Trinajstić information content (AvgIpc) is 2.27. The number of amides is 1. The predicted molar refractivity (Wildman–Crippen MR) is 78.9 cm³/mol. The number of hydrogen-bond donors (Lipinski definition) is 2. The fourth-order valence-electron chi connectivity index (χ4n) is 1.55. The highest BCUT2D eigenvalue weighted by Crippen LogP contribution is 2.13. The normalized spacial score (nSPS) is 10.2. The Hall–Kier alpha value is -1.62. The standard InChI is InChI=1S/C13H19N3OS/c1-9(2)15-12(17)8-16(3)11-6-4-10(5-7-11)13(14)18/h4-7,9H,8H2,1-3H3,(H2,14,18)(H,15,17). The van der Waals surface area contributed by atoms with E-state index in [0.717, 1.165) is 11.3 Å². The van der Waals surface area contributed by atoms with Gasteiger partial charge in [0.1, 0.15) is 4.99 Å². The van der Waals surface area contributed by atoms with Gasteiger partial charge in [-0.25, -0.2) is 0 Å². The minimum atomic E-state index is 0.00548. The minimum absolute atomic E-state index is 0.00548. The van der Waals surface area contributed by atoms with Crippen molar-refractivity contribution in [2.24, 2.45) is 5.73 Å². The van der Waals surface area contributed by atoms with E-state index in [1.165, 1.54) is 0 Å². The Kier molecular flexibility index (Phi) is 5.09. The summed E-state index contributed by atoms with van der Waals surface area (Å²) in [6, 6.07) is 7.67. The molecule has 0 unspecified atom stereocenters. The fourth-order valence-corrected chi connectivity index (χ4v) is 1.69. The molecule has 0 aromatic heterocycles. The Balaban J connectivity index is 2.64. The van der Waals surface area contributed by atoms with Gasteiger partial charge in [0.25, 0.3) is 0 Å². The summed E-state index contributed by atoms with van der Waals surface area (Å²) < 4.78 is 0. The van der Waals surface area contributed by atoms with Crippen LogP contribution in [0.5, 0.6) is 0 Å². The molecule has 4 nitrogen and oxygen atoms in total. The average molecular weight is 265 g/mol. The van der Waals surface area contributed by atoms with Crippen LogP contribution in [0.25, 0.3) is 0 Å². The van der Waals surface area contributed by atoms with Crippen LogP contribution in [0.2, 0.25) is 0 Å². The van der Waals surface area contributed by atoms with E-state index < -0.39 is 0 Å². The summed E-state index contributed by atoms with van der Waals surface area (Å²) >= 11 is 4.89. The zero-order valence-electron chi connectivity index (χ0n) is 10.9. The van der Waals surface area contributed by atoms with Crippen molar-refractivity contribution in [2.45, 2.75) is 19.9 Å². The molecule has 0 fully saturated rings. The van der Waals surface area contributed by atoms with Crippen LogP contribution >= 0.6 is 12.2 Å². The number of carbonyl (C=O) groups is 1. The summed E-state index contributed by atoms with van der Waals surface area (Å²) in [6.45, 7) is 4.20. The lowest BCUT2D eigenvalue weighted by Gasteiger charge is -2.20. The molecule has 3 N–H and O–H groups in total. The zero-order valence-corrected chi connectivity index (χ0v) is 11.8. The van der Waals surface area contributed by atoms with E-state index in [9.17, 15) is 4.79 Å². The SMILES string of the molecule is CC(C)NC(=O)CN(C)c1ccc(C(N)=S)cc1. The molecule has 0 heterocycles. The van der Waals surface area contributed by atoms with Crippen LogP contribution in [0, 0.1) is 0 Å². The third-order valence-electron chi connectivity index (χ3n) is 2.42. The van der Waals surface area contributed by atoms with E-state index in [2.05, 4.69) is 5.32 Å². The van der Waals surface area contributed by atoms with E-state index >= 15 is 0 Å². The number of nitrogens with zero attached hydrogens (tertiary/aromatic N) is 1. The molecule has 0 radical (unpaired) electrons. The first-order valence-corrected chi connectivity index (χ1v) is 6.21. The van der Waals surface area contributed by atoms with Crippen molar-refractivity contribution in [1.82, 2.24) is 5.32 Å². The number of nitrogens with two attached hydrogens (primary N) is 1. The van der Waals surface area contributed by atoms with Crippen LogP contribution in [-0.2, 0) is 4.79 Å². The molecule has 0 aliphatic heterocycles. The molecule has 0 spiro atoms. The first-order chi connectivity index (χ1) is 8.40. The lowest BCUT2D eigenvalue weighted by Crippen LogP contribution is -2.38. The Morgan fingerprint density at radius 1 is 1.39 bits per heavy atom. The van der Waals surface area contributed by atoms with E-state index in [-0.39, 0.29) is 11.9 Å². The maximum Gasteiger partial charge on any atom is 0.239 e. The van der Waals surface area contributed by atoms with E-state index in [1.807, 2.05) is 50.1 Å². The molecule has 1 amide bonds. The number of benzene rings is 1. The highest BCUT2D eigenvalue weighted by Gasteiger charge is 2.08. The van der Waals surface area contributed by atoms with Gasteiger partial charge in [0.05, 0.1) is 6.54 Å². The largest absolute Gasteiger partial charge is 0.389 e. The second-order valence-corrected chi connectivity index (χ2v) is 4.93. The van der Waals surface area contributed by atoms with Crippen LogP contribution in [0.3, 0.4) is 0 Å². The highest BCUT2D eigenvalue weighted by atomic mass is 32.1. The second-order valence-electron chi connectivity index (χ2n) is 4.49. The number of likely N-dealkylation sites (N-methyl/N-ethyl adjacent to an activating group) is 1. The summed E-state index contributed by atoms with van der Waals surface area (Å²) in [5, 5.41) is 2.85. The van der Waals surface area contributed by atoms with Crippen molar-refractivity contribution >= 4 is 28.8 Å². The van der Waals surface area contributed by atoms with Gasteiger partial charge in [-0.2, -0.15) is 0 Å². The Morgan fingerprint density at radius 3 is 2.39 bits per heavy atom. The summed E-state index contributed by atoms with van der Waals surface area (Å²) in [7, 11) is 1.87. The Labute approximate surface area is 113 Å². The summed E-state index contributed by atoms with van der Waals surface area (Å²) in [5.41, 5.74) is 7.31. The fraction of sp³-hybridized carbons (Fsp3) is 0.385. The maximum atomic E-state index is 11.6. The van der Waals surface area contributed by atoms with Crippen molar-refractivity contribution in [3.8, 4) is 0 Å². The van der Waals surface area contributed by atoms with Crippen molar-refractivity contribution < 1.29 is 4.79 Å². The van der Waals surface area contributed by atoms with Crippen LogP contribution in [0.1, 0.15) is 19.4 Å². The first kappa shape index (κ1) is 14.4. The van der Waals surface area contributed by atoms with Crippen molar-refractivity contribution in [1.29, 1.82) is 0 Å². The number of hydrogen-bond acceptors (Lipinski definition) is 3. The van der Waals surface area contributed by atoms with Crippen LogP contribution in [0.15, 0.2) is 24.3 Å². The van der Waals surface area contributed by atoms with E-state index in [1.54, 1.807) is 0 Å². The van der Waals surface area contributed by atoms with Gasteiger partial charge < -0.3 is 16.0 Å². The lowest BCUT2D eigenvalue weighted by atomic mass is 10.2. The summed E-state index contributed by atoms with van der Waals surface area (Å²) in [5.74, 6) is 0.00548. The molecule has 98 valence electrons. The van der Waals surface area contributed by atoms with Crippen molar-refractivity contribution in [3.05, 3.63) is 29.8 Å². The molecule has 0 aliphatic carbocycles. The van der Waals surface area contributed by atoms with Gasteiger partial charge in [-0.3, -0.25) is 4.79 Å². The van der Waals surface area contributed by atoms with Gasteiger partial charge in [-0.1, -0.05) is 12.2 Å².